The van der Waals surface area contributed by atoms with Gasteiger partial charge in [0.1, 0.15) is 0 Å². The maximum absolute atomic E-state index is 11.4. The van der Waals surface area contributed by atoms with Crippen LogP contribution in [0.4, 0.5) is 0 Å². The molecular weight excluding hydrogens is 304 g/mol. The summed E-state index contributed by atoms with van der Waals surface area (Å²) in [6, 6.07) is 13.3. The molecule has 2 rings (SSSR count). The number of aryl methyl sites for hydroxylation is 1. The van der Waals surface area contributed by atoms with Crippen molar-refractivity contribution in [2.75, 3.05) is 0 Å². The molecule has 0 bridgehead atoms. The van der Waals surface area contributed by atoms with Gasteiger partial charge in [0.15, 0.2) is 0 Å². The highest BCUT2D eigenvalue weighted by molar-refractivity contribution is 8.70. The van der Waals surface area contributed by atoms with Gasteiger partial charge in [-0.05, 0) is 48.6 Å². The lowest BCUT2D eigenvalue weighted by Crippen LogP contribution is -2.05. The molecule has 0 aromatic heterocycles. The van der Waals surface area contributed by atoms with Crippen LogP contribution in [-0.4, -0.2) is 13.0 Å². The Morgan fingerprint density at radius 2 is 1.57 bits per heavy atom. The minimum atomic E-state index is -4.14. The Hall–Kier alpha value is -1.30. The first-order valence-corrected chi connectivity index (χ1v) is 9.40. The Bertz CT molecular complexity index is 738. The molecule has 2 aromatic carbocycles. The van der Waals surface area contributed by atoms with E-state index in [0.29, 0.717) is 10.8 Å². The van der Waals surface area contributed by atoms with Crippen molar-refractivity contribution in [1.29, 1.82) is 0 Å². The lowest BCUT2D eigenvalue weighted by molar-refractivity contribution is 0.503. The fraction of sp³-hybridized carbons (Fsp3) is 0.250. The lowest BCUT2D eigenvalue weighted by Gasteiger charge is -2.20. The van der Waals surface area contributed by atoms with E-state index in [1.165, 1.54) is 5.56 Å². The Labute approximate surface area is 129 Å². The molecule has 0 saturated heterocycles. The van der Waals surface area contributed by atoms with E-state index in [0.717, 1.165) is 22.3 Å². The second kappa shape index (κ2) is 6.22. The van der Waals surface area contributed by atoms with Crippen molar-refractivity contribution < 1.29 is 13.0 Å². The van der Waals surface area contributed by atoms with E-state index < -0.39 is 14.4 Å². The van der Waals surface area contributed by atoms with Gasteiger partial charge in [-0.3, -0.25) is 4.55 Å². The number of benzene rings is 2. The molecule has 2 aromatic rings. The standard InChI is InChI=1S/C16H18O3S2/c1-11-9-10-15(13(3)12(11)2)16(20-21(17,18)19)14-7-5-4-6-8-14/h4-10,16H,1-3H3,(H,17,18,19). The van der Waals surface area contributed by atoms with Crippen molar-refractivity contribution in [3.05, 3.63) is 70.3 Å². The van der Waals surface area contributed by atoms with Crippen LogP contribution in [0, 0.1) is 20.8 Å². The largest absolute Gasteiger partial charge is 0.320 e. The molecule has 1 atom stereocenters. The summed E-state index contributed by atoms with van der Waals surface area (Å²) in [6.45, 7) is 6.03. The molecule has 21 heavy (non-hydrogen) atoms. The van der Waals surface area contributed by atoms with Gasteiger partial charge in [-0.1, -0.05) is 42.5 Å². The Morgan fingerprint density at radius 1 is 0.952 bits per heavy atom. The fourth-order valence-electron chi connectivity index (χ4n) is 2.30. The molecule has 0 saturated carbocycles. The summed E-state index contributed by atoms with van der Waals surface area (Å²) < 4.78 is 32.0. The molecule has 0 spiro atoms. The maximum atomic E-state index is 11.4. The summed E-state index contributed by atoms with van der Waals surface area (Å²) in [5.41, 5.74) is 5.13. The molecule has 0 amide bonds. The van der Waals surface area contributed by atoms with Crippen LogP contribution >= 0.6 is 10.8 Å². The number of hydrogen-bond acceptors (Lipinski definition) is 3. The average molecular weight is 322 g/mol. The Balaban J connectivity index is 2.58. The first-order valence-electron chi connectivity index (χ1n) is 6.57. The molecule has 112 valence electrons. The molecule has 5 heteroatoms. The van der Waals surface area contributed by atoms with Crippen LogP contribution in [-0.2, 0) is 9.15 Å². The van der Waals surface area contributed by atoms with E-state index in [2.05, 4.69) is 0 Å². The van der Waals surface area contributed by atoms with Crippen LogP contribution in [0.2, 0.25) is 0 Å². The third kappa shape index (κ3) is 3.87. The van der Waals surface area contributed by atoms with Gasteiger partial charge in [-0.15, -0.1) is 0 Å². The van der Waals surface area contributed by atoms with E-state index in [-0.39, 0.29) is 0 Å². The predicted molar refractivity (Wildman–Crippen MR) is 88.1 cm³/mol. The van der Waals surface area contributed by atoms with E-state index >= 15 is 0 Å². The normalized spacial score (nSPS) is 13.1. The maximum Gasteiger partial charge on any atom is 0.320 e. The van der Waals surface area contributed by atoms with Crippen LogP contribution in [0.3, 0.4) is 0 Å². The minimum absolute atomic E-state index is 0.444. The summed E-state index contributed by atoms with van der Waals surface area (Å²) >= 11 is 0. The highest BCUT2D eigenvalue weighted by Gasteiger charge is 2.24. The minimum Gasteiger partial charge on any atom is -0.277 e. The summed E-state index contributed by atoms with van der Waals surface area (Å²) in [5, 5.41) is -0.444. The Kier molecular flexibility index (Phi) is 4.76. The average Bonchev–Trinajstić information content (AvgIpc) is 2.43. The van der Waals surface area contributed by atoms with Gasteiger partial charge in [0.25, 0.3) is 0 Å². The van der Waals surface area contributed by atoms with Gasteiger partial charge in [-0.2, -0.15) is 8.42 Å². The van der Waals surface area contributed by atoms with Crippen molar-refractivity contribution >= 4 is 19.9 Å². The quantitative estimate of drug-likeness (QED) is 0.676. The van der Waals surface area contributed by atoms with Crippen molar-refractivity contribution in [2.45, 2.75) is 26.0 Å². The predicted octanol–water partition coefficient (Wildman–Crippen LogP) is 4.24. The summed E-state index contributed by atoms with van der Waals surface area (Å²) in [7, 11) is -3.58. The third-order valence-corrected chi connectivity index (χ3v) is 5.97. The van der Waals surface area contributed by atoms with Crippen LogP contribution < -0.4 is 0 Å². The summed E-state index contributed by atoms with van der Waals surface area (Å²) in [6.07, 6.45) is 0. The lowest BCUT2D eigenvalue weighted by atomic mass is 9.94. The van der Waals surface area contributed by atoms with Crippen LogP contribution in [0.25, 0.3) is 0 Å². The summed E-state index contributed by atoms with van der Waals surface area (Å²) in [4.78, 5) is 0. The molecule has 1 unspecified atom stereocenters. The molecule has 0 heterocycles. The Morgan fingerprint density at radius 3 is 2.14 bits per heavy atom. The van der Waals surface area contributed by atoms with Crippen LogP contribution in [0.1, 0.15) is 33.1 Å². The fourth-order valence-corrected chi connectivity index (χ4v) is 4.54. The zero-order valence-corrected chi connectivity index (χ0v) is 13.8. The molecule has 0 radical (unpaired) electrons. The van der Waals surface area contributed by atoms with Crippen LogP contribution in [0.5, 0.6) is 0 Å². The van der Waals surface area contributed by atoms with Gasteiger partial charge in [-0.25, -0.2) is 0 Å². The number of rotatable bonds is 4. The van der Waals surface area contributed by atoms with Gasteiger partial charge in [0.2, 0.25) is 0 Å². The van der Waals surface area contributed by atoms with Crippen molar-refractivity contribution in [2.24, 2.45) is 0 Å². The van der Waals surface area contributed by atoms with Gasteiger partial charge in [0, 0.05) is 10.8 Å². The highest BCUT2D eigenvalue weighted by atomic mass is 33.1. The first-order chi connectivity index (χ1) is 9.79. The molecule has 0 fully saturated rings. The zero-order valence-electron chi connectivity index (χ0n) is 12.2. The second-order valence-electron chi connectivity index (χ2n) is 5.04. The first kappa shape index (κ1) is 16.1. The molecule has 0 aliphatic carbocycles. The third-order valence-electron chi connectivity index (χ3n) is 3.70. The molecule has 0 aliphatic rings. The number of hydrogen-bond donors (Lipinski definition) is 1. The zero-order chi connectivity index (χ0) is 15.6. The monoisotopic (exact) mass is 322 g/mol. The molecule has 3 nitrogen and oxygen atoms in total. The molecular formula is C16H18O3S2. The SMILES string of the molecule is Cc1ccc(C(SS(=O)(=O)O)c2ccccc2)c(C)c1C. The van der Waals surface area contributed by atoms with E-state index in [1.807, 2.05) is 63.2 Å². The van der Waals surface area contributed by atoms with Crippen molar-refractivity contribution in [1.82, 2.24) is 0 Å². The second-order valence-corrected chi connectivity index (χ2v) is 8.40. The molecule has 0 aliphatic heterocycles. The van der Waals surface area contributed by atoms with Crippen LogP contribution in [0.15, 0.2) is 42.5 Å². The van der Waals surface area contributed by atoms with Gasteiger partial charge in [0.05, 0.1) is 5.25 Å². The topological polar surface area (TPSA) is 54.4 Å². The van der Waals surface area contributed by atoms with Gasteiger partial charge < -0.3 is 0 Å². The van der Waals surface area contributed by atoms with Gasteiger partial charge >= 0.3 is 9.15 Å². The smallest absolute Gasteiger partial charge is 0.277 e. The van der Waals surface area contributed by atoms with E-state index in [4.69, 9.17) is 0 Å². The molecule has 1 N–H and O–H groups in total. The summed E-state index contributed by atoms with van der Waals surface area (Å²) in [5.74, 6) is 0. The van der Waals surface area contributed by atoms with Crippen molar-refractivity contribution in [3.63, 3.8) is 0 Å². The van der Waals surface area contributed by atoms with Crippen molar-refractivity contribution in [3.8, 4) is 0 Å². The van der Waals surface area contributed by atoms with E-state index in [1.54, 1.807) is 0 Å². The van der Waals surface area contributed by atoms with E-state index in [9.17, 15) is 13.0 Å². The highest BCUT2D eigenvalue weighted by Crippen LogP contribution is 2.40.